The Hall–Kier alpha value is -1.70. The molecule has 1 aliphatic heterocycles. The van der Waals surface area contributed by atoms with Gasteiger partial charge in [0.15, 0.2) is 0 Å². The van der Waals surface area contributed by atoms with Crippen LogP contribution in [0, 0.1) is 12.3 Å². The summed E-state index contributed by atoms with van der Waals surface area (Å²) in [6.07, 6.45) is 8.94. The van der Waals surface area contributed by atoms with Crippen molar-refractivity contribution in [1.82, 2.24) is 10.2 Å². The van der Waals surface area contributed by atoms with Crippen molar-refractivity contribution in [3.05, 3.63) is 0 Å². The van der Waals surface area contributed by atoms with E-state index in [0.29, 0.717) is 25.8 Å². The van der Waals surface area contributed by atoms with Crippen molar-refractivity contribution in [2.24, 2.45) is 0 Å². The van der Waals surface area contributed by atoms with Crippen molar-refractivity contribution in [3.8, 4) is 12.3 Å². The lowest BCUT2D eigenvalue weighted by Gasteiger charge is -2.35. The highest BCUT2D eigenvalue weighted by molar-refractivity contribution is 5.87. The van der Waals surface area contributed by atoms with Crippen LogP contribution in [0.25, 0.3) is 0 Å². The second-order valence-electron chi connectivity index (χ2n) is 5.30. The molecule has 1 rings (SSSR count). The molecular formula is C15H24N2O3. The molecule has 0 aromatic carbocycles. The molecule has 112 valence electrons. The monoisotopic (exact) mass is 280 g/mol. The number of likely N-dealkylation sites (tertiary alicyclic amines) is 1. The number of nitrogens with zero attached hydrogens (tertiary/aromatic N) is 1. The molecule has 0 aromatic rings. The fourth-order valence-corrected chi connectivity index (χ4v) is 2.87. The fraction of sp³-hybridized carbons (Fsp3) is 0.733. The van der Waals surface area contributed by atoms with Gasteiger partial charge >= 0.3 is 12.0 Å². The molecule has 0 aliphatic carbocycles. The minimum atomic E-state index is -1.05. The molecule has 1 heterocycles. The SMILES string of the molecule is C#CCC(CC)NC(=O)N1CCCC1(CCC)C(=O)O. The van der Waals surface area contributed by atoms with E-state index in [1.54, 1.807) is 0 Å². The van der Waals surface area contributed by atoms with Gasteiger partial charge in [-0.15, -0.1) is 12.3 Å². The van der Waals surface area contributed by atoms with Crippen molar-refractivity contribution < 1.29 is 14.7 Å². The number of hydrogen-bond acceptors (Lipinski definition) is 2. The summed E-state index contributed by atoms with van der Waals surface area (Å²) in [7, 11) is 0. The highest BCUT2D eigenvalue weighted by Gasteiger charge is 2.49. The van der Waals surface area contributed by atoms with E-state index in [2.05, 4.69) is 11.2 Å². The van der Waals surface area contributed by atoms with Crippen LogP contribution in [0.4, 0.5) is 4.79 Å². The molecule has 0 spiro atoms. The molecule has 1 fully saturated rings. The van der Waals surface area contributed by atoms with Gasteiger partial charge < -0.3 is 15.3 Å². The number of nitrogens with one attached hydrogen (secondary N) is 1. The lowest BCUT2D eigenvalue weighted by atomic mass is 9.91. The number of rotatable bonds is 6. The number of aliphatic carboxylic acids is 1. The molecule has 5 nitrogen and oxygen atoms in total. The molecule has 0 radical (unpaired) electrons. The Balaban J connectivity index is 2.84. The number of carboxylic acid groups (broad SMARTS) is 1. The molecule has 2 N–H and O–H groups in total. The average Bonchev–Trinajstić information content (AvgIpc) is 2.83. The van der Waals surface area contributed by atoms with Crippen molar-refractivity contribution >= 4 is 12.0 Å². The summed E-state index contributed by atoms with van der Waals surface area (Å²) < 4.78 is 0. The molecule has 0 aromatic heterocycles. The highest BCUT2D eigenvalue weighted by atomic mass is 16.4. The van der Waals surface area contributed by atoms with Gasteiger partial charge in [-0.3, -0.25) is 0 Å². The molecule has 2 atom stereocenters. The maximum absolute atomic E-state index is 12.4. The summed E-state index contributed by atoms with van der Waals surface area (Å²) in [4.78, 5) is 25.5. The summed E-state index contributed by atoms with van der Waals surface area (Å²) in [6.45, 7) is 4.37. The van der Waals surface area contributed by atoms with Crippen LogP contribution < -0.4 is 5.32 Å². The number of carbonyl (C=O) groups excluding carboxylic acids is 1. The third kappa shape index (κ3) is 3.24. The first-order valence-corrected chi connectivity index (χ1v) is 7.26. The van der Waals surface area contributed by atoms with Crippen molar-refractivity contribution in [3.63, 3.8) is 0 Å². The molecule has 0 bridgehead atoms. The molecule has 0 saturated carbocycles. The van der Waals surface area contributed by atoms with Crippen LogP contribution in [0.15, 0.2) is 0 Å². The summed E-state index contributed by atoms with van der Waals surface area (Å²) >= 11 is 0. The second-order valence-corrected chi connectivity index (χ2v) is 5.30. The summed E-state index contributed by atoms with van der Waals surface area (Å²) in [5.74, 6) is 1.63. The van der Waals surface area contributed by atoms with E-state index in [-0.39, 0.29) is 12.1 Å². The van der Waals surface area contributed by atoms with Gasteiger partial charge in [0.05, 0.1) is 0 Å². The Bertz CT molecular complexity index is 402. The summed E-state index contributed by atoms with van der Waals surface area (Å²) in [5.41, 5.74) is -1.05. The fourth-order valence-electron chi connectivity index (χ4n) is 2.87. The normalized spacial score (nSPS) is 23.1. The highest BCUT2D eigenvalue weighted by Crippen LogP contribution is 2.34. The second kappa shape index (κ2) is 7.18. The summed E-state index contributed by atoms with van der Waals surface area (Å²) in [5, 5.41) is 12.4. The van der Waals surface area contributed by atoms with E-state index in [1.165, 1.54) is 4.90 Å². The standard InChI is InChI=1S/C15H24N2O3/c1-4-8-12(6-3)16-14(20)17-11-7-10-15(17,9-5-2)13(18)19/h1,12H,5-11H2,2-3H3,(H,16,20)(H,18,19). The first kappa shape index (κ1) is 16.4. The Morgan fingerprint density at radius 2 is 2.20 bits per heavy atom. The maximum Gasteiger partial charge on any atom is 0.329 e. The molecule has 1 aliphatic rings. The quantitative estimate of drug-likeness (QED) is 0.733. The Kier molecular flexibility index (Phi) is 5.87. The number of terminal acetylenes is 1. The molecule has 2 amide bonds. The first-order valence-electron chi connectivity index (χ1n) is 7.26. The van der Waals surface area contributed by atoms with Gasteiger partial charge in [0.1, 0.15) is 5.54 Å². The minimum Gasteiger partial charge on any atom is -0.479 e. The van der Waals surface area contributed by atoms with Gasteiger partial charge in [0, 0.05) is 19.0 Å². The van der Waals surface area contributed by atoms with Gasteiger partial charge in [-0.1, -0.05) is 20.3 Å². The average molecular weight is 280 g/mol. The third-order valence-corrected chi connectivity index (χ3v) is 3.98. The lowest BCUT2D eigenvalue weighted by molar-refractivity contribution is -0.148. The Labute approximate surface area is 120 Å². The predicted molar refractivity (Wildman–Crippen MR) is 77.3 cm³/mol. The van der Waals surface area contributed by atoms with E-state index < -0.39 is 11.5 Å². The van der Waals surface area contributed by atoms with E-state index in [9.17, 15) is 14.7 Å². The van der Waals surface area contributed by atoms with E-state index in [0.717, 1.165) is 19.3 Å². The largest absolute Gasteiger partial charge is 0.479 e. The predicted octanol–water partition coefficient (Wildman–Crippen LogP) is 2.22. The molecule has 2 unspecified atom stereocenters. The van der Waals surface area contributed by atoms with Crippen LogP contribution in [0.3, 0.4) is 0 Å². The van der Waals surface area contributed by atoms with Crippen LogP contribution in [-0.4, -0.2) is 40.1 Å². The van der Waals surface area contributed by atoms with Gasteiger partial charge in [0.2, 0.25) is 0 Å². The van der Waals surface area contributed by atoms with Gasteiger partial charge in [-0.2, -0.15) is 0 Å². The Morgan fingerprint density at radius 3 is 2.70 bits per heavy atom. The topological polar surface area (TPSA) is 69.6 Å². The number of carbonyl (C=O) groups is 2. The van der Waals surface area contributed by atoms with Crippen molar-refractivity contribution in [2.45, 2.75) is 64.0 Å². The summed E-state index contributed by atoms with van der Waals surface area (Å²) in [6, 6.07) is -0.401. The van der Waals surface area contributed by atoms with Crippen molar-refractivity contribution in [1.29, 1.82) is 0 Å². The van der Waals surface area contributed by atoms with Crippen LogP contribution in [0.1, 0.15) is 52.4 Å². The number of urea groups is 1. The molecular weight excluding hydrogens is 256 g/mol. The van der Waals surface area contributed by atoms with Gasteiger partial charge in [-0.25, -0.2) is 9.59 Å². The molecule has 5 heteroatoms. The van der Waals surface area contributed by atoms with Crippen LogP contribution in [-0.2, 0) is 4.79 Å². The zero-order valence-corrected chi connectivity index (χ0v) is 12.3. The third-order valence-electron chi connectivity index (χ3n) is 3.98. The van der Waals surface area contributed by atoms with Gasteiger partial charge in [0.25, 0.3) is 0 Å². The van der Waals surface area contributed by atoms with E-state index in [1.807, 2.05) is 13.8 Å². The minimum absolute atomic E-state index is 0.0961. The number of amides is 2. The number of carboxylic acids is 1. The smallest absolute Gasteiger partial charge is 0.329 e. The van der Waals surface area contributed by atoms with Crippen LogP contribution in [0.5, 0.6) is 0 Å². The first-order chi connectivity index (χ1) is 9.51. The molecule has 1 saturated heterocycles. The Morgan fingerprint density at radius 1 is 1.50 bits per heavy atom. The van der Waals surface area contributed by atoms with Crippen LogP contribution in [0.2, 0.25) is 0 Å². The van der Waals surface area contributed by atoms with E-state index >= 15 is 0 Å². The number of hydrogen-bond donors (Lipinski definition) is 2. The lowest BCUT2D eigenvalue weighted by Crippen LogP contribution is -2.57. The zero-order valence-electron chi connectivity index (χ0n) is 12.3. The zero-order chi connectivity index (χ0) is 15.2. The molecule has 20 heavy (non-hydrogen) atoms. The van der Waals surface area contributed by atoms with E-state index in [4.69, 9.17) is 6.42 Å². The van der Waals surface area contributed by atoms with Crippen molar-refractivity contribution in [2.75, 3.05) is 6.54 Å². The van der Waals surface area contributed by atoms with Gasteiger partial charge in [-0.05, 0) is 25.7 Å². The maximum atomic E-state index is 12.4. The van der Waals surface area contributed by atoms with Crippen LogP contribution >= 0.6 is 0 Å².